The molecule has 0 saturated carbocycles. The maximum absolute atomic E-state index is 15.4. The first-order valence-corrected chi connectivity index (χ1v) is 24.0. The van der Waals surface area contributed by atoms with Gasteiger partial charge in [0.15, 0.2) is 0 Å². The van der Waals surface area contributed by atoms with Gasteiger partial charge in [-0.25, -0.2) is 9.59 Å². The Bertz CT molecular complexity index is 2510. The zero-order chi connectivity index (χ0) is 67.9. The number of amides is 1. The molecule has 0 aliphatic heterocycles. The van der Waals surface area contributed by atoms with E-state index in [9.17, 15) is 160 Å². The Morgan fingerprint density at radius 3 is 0.929 bits per heavy atom. The van der Waals surface area contributed by atoms with Crippen molar-refractivity contribution in [2.75, 3.05) is 5.32 Å². The van der Waals surface area contributed by atoms with E-state index in [4.69, 9.17) is 11.6 Å². The predicted molar refractivity (Wildman–Crippen MR) is 205 cm³/mol. The second-order valence-electron chi connectivity index (χ2n) is 17.7. The highest BCUT2D eigenvalue weighted by Crippen LogP contribution is 2.65. The first-order chi connectivity index (χ1) is 37.0. The molecule has 2 N–H and O–H groups in total. The molecule has 0 bridgehead atoms. The number of anilines is 1. The fourth-order valence-electron chi connectivity index (χ4n) is 6.93. The molecule has 85 heavy (non-hydrogen) atoms. The van der Waals surface area contributed by atoms with Crippen LogP contribution in [0.25, 0.3) is 0 Å². The van der Waals surface area contributed by atoms with Crippen molar-refractivity contribution < 1.29 is 191 Å². The van der Waals surface area contributed by atoms with Gasteiger partial charge in [-0.05, 0) is 41.9 Å². The van der Waals surface area contributed by atoms with Gasteiger partial charge in [-0.15, -0.1) is 0 Å². The molecule has 2 rings (SSSR count). The molecule has 0 spiro atoms. The fraction of sp³-hybridized carbons (Fsp3) is 0.641. The lowest BCUT2D eigenvalue weighted by Gasteiger charge is -2.43. The van der Waals surface area contributed by atoms with Gasteiger partial charge in [0.2, 0.25) is 0 Å². The molecule has 492 valence electrons. The van der Waals surface area contributed by atoms with Gasteiger partial charge in [0.05, 0.1) is 19.3 Å². The summed E-state index contributed by atoms with van der Waals surface area (Å²) >= 11 is 5.64. The standard InChI is InChI=1S/C39H23ClF39NO4Si/c40-16-3-6-18(20(81)82)19(13-16)80-21(83)84-14-15-1-4-17(5-2-15)85(10-7-22(41,42)25(47,48)28(53,54)31(59,60)34(65,66)37(71,72)73,11-8-23(43,44)26(49,50)29(55,56)32(61,62)35(67,68)38(74,75)76)12-9-24(45,46)27(51,52)30(57,58)33(63,64)36(69,70)39(77,78)79/h1-6,13H,7-12,14H2,(H,80,83)(H,81,82). The van der Waals surface area contributed by atoms with Crippen molar-refractivity contribution in [1.29, 1.82) is 0 Å². The smallest absolute Gasteiger partial charge is 0.460 e. The monoisotopic (exact) mass is 1370 g/mol. The van der Waals surface area contributed by atoms with Crippen LogP contribution in [0, 0.1) is 0 Å². The number of benzene rings is 2. The fourth-order valence-corrected chi connectivity index (χ4v) is 12.0. The topological polar surface area (TPSA) is 75.6 Å². The Kier molecular flexibility index (Phi) is 20.2. The lowest BCUT2D eigenvalue weighted by molar-refractivity contribution is -0.440. The van der Waals surface area contributed by atoms with E-state index in [1.165, 1.54) is 0 Å². The molecule has 2 aromatic rings. The molecule has 0 aliphatic rings. The molecule has 46 heteroatoms. The summed E-state index contributed by atoms with van der Waals surface area (Å²) in [6.07, 6.45) is -39.0. The highest BCUT2D eigenvalue weighted by atomic mass is 35.5. The van der Waals surface area contributed by atoms with Crippen LogP contribution in [-0.2, 0) is 11.3 Å². The Morgan fingerprint density at radius 2 is 0.671 bits per heavy atom. The summed E-state index contributed by atoms with van der Waals surface area (Å²) < 4.78 is 554. The third-order valence-electron chi connectivity index (χ3n) is 12.1. The van der Waals surface area contributed by atoms with E-state index in [0.29, 0.717) is 12.1 Å². The first-order valence-electron chi connectivity index (χ1n) is 21.0. The minimum atomic E-state index is -8.97. The minimum Gasteiger partial charge on any atom is -0.478 e. The number of carbonyl (C=O) groups is 2. The molecule has 2 aromatic carbocycles. The number of ether oxygens (including phenoxy) is 1. The van der Waals surface area contributed by atoms with Gasteiger partial charge in [-0.2, -0.15) is 171 Å². The number of halogens is 40. The highest BCUT2D eigenvalue weighted by Gasteiger charge is 2.93. The molecule has 0 atom stereocenters. The molecule has 0 fully saturated rings. The molecule has 1 amide bonds. The van der Waals surface area contributed by atoms with Crippen molar-refractivity contribution in [2.45, 2.75) is 151 Å². The second kappa shape index (κ2) is 22.5. The number of aromatic carboxylic acids is 1. The quantitative estimate of drug-likeness (QED) is 0.0727. The van der Waals surface area contributed by atoms with E-state index in [2.05, 4.69) is 4.74 Å². The van der Waals surface area contributed by atoms with Crippen molar-refractivity contribution in [3.05, 3.63) is 58.6 Å². The first kappa shape index (κ1) is 76.1. The molecule has 5 nitrogen and oxygen atoms in total. The Hall–Kier alpha value is -5.04. The third-order valence-corrected chi connectivity index (χ3v) is 17.5. The van der Waals surface area contributed by atoms with Crippen LogP contribution >= 0.6 is 11.6 Å². The van der Waals surface area contributed by atoms with Crippen molar-refractivity contribution in [2.24, 2.45) is 0 Å². The number of carboxylic acids is 1. The van der Waals surface area contributed by atoms with Crippen LogP contribution < -0.4 is 10.5 Å². The van der Waals surface area contributed by atoms with Crippen molar-refractivity contribution >= 4 is 42.6 Å². The molecule has 0 saturated heterocycles. The van der Waals surface area contributed by atoms with E-state index in [1.807, 2.05) is 0 Å². The van der Waals surface area contributed by atoms with Gasteiger partial charge in [0.25, 0.3) is 0 Å². The summed E-state index contributed by atoms with van der Waals surface area (Å²) in [5.74, 6) is -131. The van der Waals surface area contributed by atoms with E-state index in [0.717, 1.165) is 6.07 Å². The number of hydrogen-bond donors (Lipinski definition) is 2. The number of carbonyl (C=O) groups excluding carboxylic acids is 1. The lowest BCUT2D eigenvalue weighted by Crippen LogP contribution is -2.70. The van der Waals surface area contributed by atoms with E-state index in [-0.39, 0.29) is 29.3 Å². The Morgan fingerprint density at radius 1 is 0.400 bits per heavy atom. The van der Waals surface area contributed by atoms with Crippen LogP contribution in [0.1, 0.15) is 35.2 Å². The number of nitrogens with one attached hydrogen (secondary N) is 1. The van der Waals surface area contributed by atoms with Gasteiger partial charge in [0, 0.05) is 24.3 Å². The molecular weight excluding hydrogens is 1350 g/mol. The van der Waals surface area contributed by atoms with E-state index >= 15 is 26.3 Å². The summed E-state index contributed by atoms with van der Waals surface area (Å²) in [6, 6.07) is -8.81. The maximum atomic E-state index is 15.4. The van der Waals surface area contributed by atoms with Crippen molar-refractivity contribution in [1.82, 2.24) is 0 Å². The molecule has 0 aromatic heterocycles. The average Bonchev–Trinajstić information content (AvgIpc) is 2.00. The molecule has 0 unspecified atom stereocenters. The van der Waals surface area contributed by atoms with Crippen molar-refractivity contribution in [3.63, 3.8) is 0 Å². The van der Waals surface area contributed by atoms with Crippen LogP contribution in [0.2, 0.25) is 23.2 Å². The number of hydrogen-bond acceptors (Lipinski definition) is 3. The van der Waals surface area contributed by atoms with E-state index in [1.54, 1.807) is 5.32 Å². The molecule has 0 heterocycles. The lowest BCUT2D eigenvalue weighted by atomic mass is 9.93. The van der Waals surface area contributed by atoms with Gasteiger partial charge in [-0.1, -0.05) is 41.1 Å². The van der Waals surface area contributed by atoms with Crippen LogP contribution in [0.4, 0.5) is 182 Å². The molecular formula is C39H23ClF39NO4Si. The number of alkyl halides is 39. The zero-order valence-electron chi connectivity index (χ0n) is 39.3. The van der Waals surface area contributed by atoms with Crippen LogP contribution in [0.3, 0.4) is 0 Å². The normalized spacial score (nSPS) is 15.5. The number of carboxylic acid groups (broad SMARTS) is 1. The highest BCUT2D eigenvalue weighted by molar-refractivity contribution is 6.92. The van der Waals surface area contributed by atoms with Crippen LogP contribution in [0.5, 0.6) is 0 Å². The third kappa shape index (κ3) is 12.6. The molecule has 0 aliphatic carbocycles. The summed E-state index contributed by atoms with van der Waals surface area (Å²) in [5.41, 5.74) is -2.55. The van der Waals surface area contributed by atoms with Crippen LogP contribution in [0.15, 0.2) is 42.5 Å². The Labute approximate surface area is 448 Å². The van der Waals surface area contributed by atoms with Gasteiger partial charge in [-0.3, -0.25) is 5.32 Å². The summed E-state index contributed by atoms with van der Waals surface area (Å²) in [7, 11) is -7.30. The summed E-state index contributed by atoms with van der Waals surface area (Å²) in [5, 5.41) is 8.49. The van der Waals surface area contributed by atoms with Gasteiger partial charge >= 0.3 is 119 Å². The summed E-state index contributed by atoms with van der Waals surface area (Å²) in [6.45, 7) is -1.51. The largest absolute Gasteiger partial charge is 0.478 e. The average molecular weight is 1370 g/mol. The molecule has 0 radical (unpaired) electrons. The second-order valence-corrected chi connectivity index (χ2v) is 22.7. The van der Waals surface area contributed by atoms with Gasteiger partial charge in [0.1, 0.15) is 6.61 Å². The minimum absolute atomic E-state index is 0.0333. The van der Waals surface area contributed by atoms with Crippen LogP contribution in [-0.4, -0.2) is 133 Å². The van der Waals surface area contributed by atoms with Crippen molar-refractivity contribution in [3.8, 4) is 0 Å². The predicted octanol–water partition coefficient (Wildman–Crippen LogP) is 17.8. The van der Waals surface area contributed by atoms with E-state index < -0.39 is 194 Å². The maximum Gasteiger partial charge on any atom is 0.460 e. The van der Waals surface area contributed by atoms with Gasteiger partial charge < -0.3 is 9.84 Å². The number of rotatable bonds is 26. The SMILES string of the molecule is O=C(Nc1cc(Cl)ccc1C(=O)O)OCc1ccc([Si](CCC(F)(F)C(F)(F)C(F)(F)C(F)(F)C(F)(F)C(F)(F)F)(CCC(F)(F)C(F)(F)C(F)(F)C(F)(F)C(F)(F)C(F)(F)F)CCC(F)(F)C(F)(F)C(F)(F)C(F)(F)C(F)(F)C(F)(F)F)cc1. The Balaban J connectivity index is 3.19. The zero-order valence-corrected chi connectivity index (χ0v) is 41.0. The summed E-state index contributed by atoms with van der Waals surface area (Å²) in [4.78, 5) is 23.9.